The maximum atomic E-state index is 5.36. The van der Waals surface area contributed by atoms with Crippen molar-refractivity contribution in [3.8, 4) is 17.2 Å². The number of anilines is 3. The van der Waals surface area contributed by atoms with Gasteiger partial charge in [0, 0.05) is 30.6 Å². The lowest BCUT2D eigenvalue weighted by Crippen LogP contribution is -2.06. The minimum absolute atomic E-state index is 0.551. The average molecular weight is 332 g/mol. The molecule has 2 aromatic rings. The van der Waals surface area contributed by atoms with Crippen molar-refractivity contribution in [1.29, 1.82) is 0 Å². The molecule has 0 aliphatic rings. The molecular weight excluding hydrogens is 308 g/mol. The smallest absolute Gasteiger partial charge is 0.224 e. The van der Waals surface area contributed by atoms with Crippen molar-refractivity contribution in [1.82, 2.24) is 9.97 Å². The van der Waals surface area contributed by atoms with Crippen LogP contribution >= 0.6 is 0 Å². The van der Waals surface area contributed by atoms with Crippen LogP contribution in [0.1, 0.15) is 19.8 Å². The highest BCUT2D eigenvalue weighted by Crippen LogP contribution is 2.40. The van der Waals surface area contributed by atoms with E-state index in [1.54, 1.807) is 33.6 Å². The summed E-state index contributed by atoms with van der Waals surface area (Å²) >= 11 is 0. The fourth-order valence-electron chi connectivity index (χ4n) is 2.19. The molecule has 0 radical (unpaired) electrons. The molecule has 0 aliphatic heterocycles. The van der Waals surface area contributed by atoms with Gasteiger partial charge in [-0.3, -0.25) is 0 Å². The first-order valence-corrected chi connectivity index (χ1v) is 7.85. The van der Waals surface area contributed by atoms with Crippen LogP contribution in [0.25, 0.3) is 0 Å². The summed E-state index contributed by atoms with van der Waals surface area (Å²) < 4.78 is 16.0. The van der Waals surface area contributed by atoms with Crippen molar-refractivity contribution in [2.24, 2.45) is 0 Å². The van der Waals surface area contributed by atoms with Crippen LogP contribution in [0.4, 0.5) is 17.5 Å². The van der Waals surface area contributed by atoms with E-state index in [4.69, 9.17) is 14.2 Å². The van der Waals surface area contributed by atoms with Gasteiger partial charge < -0.3 is 24.8 Å². The lowest BCUT2D eigenvalue weighted by Gasteiger charge is -2.15. The van der Waals surface area contributed by atoms with Gasteiger partial charge in [-0.25, -0.2) is 4.98 Å². The number of nitrogens with zero attached hydrogens (tertiary/aromatic N) is 2. The molecule has 1 heterocycles. The highest BCUT2D eigenvalue weighted by molar-refractivity contribution is 5.66. The topological polar surface area (TPSA) is 77.5 Å². The molecule has 0 amide bonds. The third-order valence-corrected chi connectivity index (χ3v) is 3.41. The van der Waals surface area contributed by atoms with Gasteiger partial charge in [0.05, 0.1) is 21.3 Å². The van der Waals surface area contributed by atoms with Crippen LogP contribution in [0.2, 0.25) is 0 Å². The van der Waals surface area contributed by atoms with Gasteiger partial charge in [-0.05, 0) is 12.5 Å². The van der Waals surface area contributed by atoms with Gasteiger partial charge in [-0.1, -0.05) is 13.3 Å². The van der Waals surface area contributed by atoms with E-state index in [0.717, 1.165) is 25.1 Å². The molecule has 1 aromatic heterocycles. The van der Waals surface area contributed by atoms with Gasteiger partial charge >= 0.3 is 0 Å². The summed E-state index contributed by atoms with van der Waals surface area (Å²) in [6, 6.07) is 5.45. The molecule has 24 heavy (non-hydrogen) atoms. The van der Waals surface area contributed by atoms with Crippen molar-refractivity contribution in [3.05, 3.63) is 24.4 Å². The third kappa shape index (κ3) is 4.41. The first-order chi connectivity index (χ1) is 11.7. The molecule has 0 saturated carbocycles. The Bertz CT molecular complexity index is 639. The third-order valence-electron chi connectivity index (χ3n) is 3.41. The van der Waals surface area contributed by atoms with Crippen LogP contribution in [-0.2, 0) is 0 Å². The van der Waals surface area contributed by atoms with Crippen molar-refractivity contribution in [3.63, 3.8) is 0 Å². The van der Waals surface area contributed by atoms with Gasteiger partial charge in [-0.15, -0.1) is 0 Å². The lowest BCUT2D eigenvalue weighted by molar-refractivity contribution is 0.324. The molecule has 2 rings (SSSR count). The Morgan fingerprint density at radius 2 is 1.75 bits per heavy atom. The van der Waals surface area contributed by atoms with Gasteiger partial charge in [0.15, 0.2) is 11.5 Å². The minimum Gasteiger partial charge on any atom is -0.493 e. The normalized spacial score (nSPS) is 10.2. The molecule has 0 unspecified atom stereocenters. The number of rotatable bonds is 9. The summed E-state index contributed by atoms with van der Waals surface area (Å²) in [5, 5.41) is 6.43. The zero-order valence-corrected chi connectivity index (χ0v) is 14.5. The number of ether oxygens (including phenoxy) is 3. The van der Waals surface area contributed by atoms with Crippen LogP contribution in [-0.4, -0.2) is 37.8 Å². The Morgan fingerprint density at radius 3 is 2.33 bits per heavy atom. The first-order valence-electron chi connectivity index (χ1n) is 7.85. The molecular formula is C17H24N4O3. The van der Waals surface area contributed by atoms with E-state index in [2.05, 4.69) is 27.5 Å². The van der Waals surface area contributed by atoms with E-state index in [1.165, 1.54) is 0 Å². The Morgan fingerprint density at radius 1 is 1.04 bits per heavy atom. The first kappa shape index (κ1) is 17.7. The summed E-state index contributed by atoms with van der Waals surface area (Å²) in [6.45, 7) is 3.00. The van der Waals surface area contributed by atoms with Crippen LogP contribution in [0.5, 0.6) is 17.2 Å². The second-order valence-electron chi connectivity index (χ2n) is 5.08. The van der Waals surface area contributed by atoms with Gasteiger partial charge in [0.2, 0.25) is 11.7 Å². The standard InChI is InChI=1S/C17H24N4O3/c1-5-6-8-18-17-19-9-7-15(21-17)20-12-10-13(22-2)16(24-4)14(11-12)23-3/h7,9-11H,5-6,8H2,1-4H3,(H2,18,19,20,21). The molecule has 7 nitrogen and oxygen atoms in total. The number of nitrogens with one attached hydrogen (secondary N) is 2. The number of hydrogen-bond donors (Lipinski definition) is 2. The van der Waals surface area contributed by atoms with E-state index < -0.39 is 0 Å². The van der Waals surface area contributed by atoms with Crippen molar-refractivity contribution in [2.75, 3.05) is 38.5 Å². The van der Waals surface area contributed by atoms with E-state index in [1.807, 2.05) is 12.1 Å². The van der Waals surface area contributed by atoms with Gasteiger partial charge in [0.25, 0.3) is 0 Å². The molecule has 0 aliphatic carbocycles. The minimum atomic E-state index is 0.551. The van der Waals surface area contributed by atoms with E-state index in [0.29, 0.717) is 29.0 Å². The molecule has 2 N–H and O–H groups in total. The molecule has 7 heteroatoms. The molecule has 0 saturated heterocycles. The average Bonchev–Trinajstić information content (AvgIpc) is 2.61. The summed E-state index contributed by atoms with van der Waals surface area (Å²) in [6.07, 6.45) is 3.91. The summed E-state index contributed by atoms with van der Waals surface area (Å²) in [5.41, 5.74) is 0.780. The Kier molecular flexibility index (Phi) is 6.48. The van der Waals surface area contributed by atoms with Crippen molar-refractivity contribution in [2.45, 2.75) is 19.8 Å². The maximum Gasteiger partial charge on any atom is 0.224 e. The SMILES string of the molecule is CCCCNc1nccc(Nc2cc(OC)c(OC)c(OC)c2)n1. The monoisotopic (exact) mass is 332 g/mol. The lowest BCUT2D eigenvalue weighted by atomic mass is 10.2. The Balaban J connectivity index is 2.20. The second-order valence-corrected chi connectivity index (χ2v) is 5.08. The van der Waals surface area contributed by atoms with E-state index in [9.17, 15) is 0 Å². The Labute approximate surface area is 142 Å². The highest BCUT2D eigenvalue weighted by Gasteiger charge is 2.13. The molecule has 1 aromatic carbocycles. The second kappa shape index (κ2) is 8.81. The fraction of sp³-hybridized carbons (Fsp3) is 0.412. The molecule has 0 fully saturated rings. The van der Waals surface area contributed by atoms with E-state index >= 15 is 0 Å². The summed E-state index contributed by atoms with van der Waals surface area (Å²) in [7, 11) is 4.75. The highest BCUT2D eigenvalue weighted by atomic mass is 16.5. The van der Waals surface area contributed by atoms with Crippen LogP contribution in [0.15, 0.2) is 24.4 Å². The molecule has 0 bridgehead atoms. The number of unbranched alkanes of at least 4 members (excludes halogenated alkanes) is 1. The number of methoxy groups -OCH3 is 3. The predicted octanol–water partition coefficient (Wildman–Crippen LogP) is 3.46. The largest absolute Gasteiger partial charge is 0.493 e. The Hall–Kier alpha value is -2.70. The number of benzene rings is 1. The zero-order chi connectivity index (χ0) is 17.4. The van der Waals surface area contributed by atoms with Crippen LogP contribution in [0.3, 0.4) is 0 Å². The number of aromatic nitrogens is 2. The summed E-state index contributed by atoms with van der Waals surface area (Å²) in [4.78, 5) is 8.66. The molecule has 130 valence electrons. The predicted molar refractivity (Wildman–Crippen MR) is 94.8 cm³/mol. The van der Waals surface area contributed by atoms with Crippen LogP contribution < -0.4 is 24.8 Å². The molecule has 0 atom stereocenters. The zero-order valence-electron chi connectivity index (χ0n) is 14.5. The maximum absolute atomic E-state index is 5.36. The van der Waals surface area contributed by atoms with Crippen LogP contribution in [0, 0.1) is 0 Å². The summed E-state index contributed by atoms with van der Waals surface area (Å²) in [5.74, 6) is 2.98. The van der Waals surface area contributed by atoms with Crippen molar-refractivity contribution >= 4 is 17.5 Å². The fourth-order valence-corrected chi connectivity index (χ4v) is 2.19. The van der Waals surface area contributed by atoms with Gasteiger partial charge in [0.1, 0.15) is 5.82 Å². The quantitative estimate of drug-likeness (QED) is 0.681. The number of hydrogen-bond acceptors (Lipinski definition) is 7. The molecule has 0 spiro atoms. The van der Waals surface area contributed by atoms with Gasteiger partial charge in [-0.2, -0.15) is 4.98 Å². The van der Waals surface area contributed by atoms with Crippen molar-refractivity contribution < 1.29 is 14.2 Å². The van der Waals surface area contributed by atoms with E-state index in [-0.39, 0.29) is 0 Å².